The van der Waals surface area contributed by atoms with Crippen molar-refractivity contribution in [2.75, 3.05) is 19.8 Å². The molecule has 0 unspecified atom stereocenters. The van der Waals surface area contributed by atoms with E-state index in [1.54, 1.807) is 19.1 Å². The Morgan fingerprint density at radius 2 is 1.84 bits per heavy atom. The first-order valence-corrected chi connectivity index (χ1v) is 16.0. The van der Waals surface area contributed by atoms with Crippen LogP contribution < -0.4 is 5.32 Å². The van der Waals surface area contributed by atoms with Gasteiger partial charge in [0.2, 0.25) is 0 Å². The highest BCUT2D eigenvalue weighted by Gasteiger charge is 2.68. The Balaban J connectivity index is 1.23. The van der Waals surface area contributed by atoms with Crippen molar-refractivity contribution in [2.24, 2.45) is 33.7 Å². The van der Waals surface area contributed by atoms with Crippen molar-refractivity contribution in [2.45, 2.75) is 89.9 Å². The van der Waals surface area contributed by atoms with Crippen LogP contribution in [0, 0.1) is 28.6 Å². The number of esters is 1. The number of hydrogen-bond donors (Lipinski definition) is 5. The number of fused-ring (bicyclic) bond motifs is 5. The number of allylic oxidation sites excluding steroid dienone is 2. The number of nitrogens with one attached hydrogen (secondary N) is 1. The van der Waals surface area contributed by atoms with Crippen LogP contribution in [0.4, 0.5) is 0 Å². The number of aromatic hydroxyl groups is 1. The van der Waals surface area contributed by atoms with E-state index in [2.05, 4.69) is 17.4 Å². The second-order valence-corrected chi connectivity index (χ2v) is 13.7. The number of phenols is 1. The fourth-order valence-electron chi connectivity index (χ4n) is 9.08. The summed E-state index contributed by atoms with van der Waals surface area (Å²) in [5.41, 5.74) is -0.0411. The first-order valence-electron chi connectivity index (χ1n) is 16.0. The van der Waals surface area contributed by atoms with E-state index < -0.39 is 47.4 Å². The molecular weight excluding hydrogens is 580 g/mol. The highest BCUT2D eigenvalue weighted by Crippen LogP contribution is 2.67. The lowest BCUT2D eigenvalue weighted by Gasteiger charge is -2.60. The maximum atomic E-state index is 12.7. The van der Waals surface area contributed by atoms with E-state index in [1.165, 1.54) is 17.7 Å². The number of ether oxygens (including phenoxy) is 1. The van der Waals surface area contributed by atoms with Gasteiger partial charge in [0.25, 0.3) is 5.91 Å². The zero-order valence-electron chi connectivity index (χ0n) is 26.3. The summed E-state index contributed by atoms with van der Waals surface area (Å²) in [5, 5.41) is 49.0. The van der Waals surface area contributed by atoms with Gasteiger partial charge in [0.05, 0.1) is 18.4 Å². The highest BCUT2D eigenvalue weighted by molar-refractivity contribution is 5.96. The van der Waals surface area contributed by atoms with E-state index in [1.807, 2.05) is 13.0 Å². The van der Waals surface area contributed by atoms with Crippen LogP contribution in [0.25, 0.3) is 0 Å². The molecule has 0 saturated heterocycles. The molecule has 3 fully saturated rings. The number of carbonyl (C=O) groups is 3. The standard InChI is InChI=1S/C34H46N2O9/c1-4-44-31(42)26(15-20-5-8-23(38)9-6-20)35-29(41)19-45-36-22-11-13-32(2)21(16-22)7-10-24-25-12-14-34(43,28(40)18-37)33(25,3)17-27(39)30(24)32/h5-6,8-9,16,24-27,30,37-39,43H,4,7,10-15,17-19H2,1-3H3,(H,35,41)/t24-,25+,26+,27-,30-,32+,33-,34-/m0/s1. The first kappa shape index (κ1) is 33.1. The number of carbonyl (C=O) groups excluding carboxylic acids is 3. The second kappa shape index (κ2) is 12.8. The lowest BCUT2D eigenvalue weighted by atomic mass is 9.45. The second-order valence-electron chi connectivity index (χ2n) is 13.7. The normalized spacial score (nSPS) is 35.3. The van der Waals surface area contributed by atoms with Crippen LogP contribution in [0.15, 0.2) is 41.1 Å². The van der Waals surface area contributed by atoms with E-state index in [0.29, 0.717) is 31.4 Å². The minimum Gasteiger partial charge on any atom is -0.508 e. The van der Waals surface area contributed by atoms with E-state index >= 15 is 0 Å². The number of amides is 1. The topological polar surface area (TPSA) is 175 Å². The lowest BCUT2D eigenvalue weighted by molar-refractivity contribution is -0.181. The molecule has 0 spiro atoms. The summed E-state index contributed by atoms with van der Waals surface area (Å²) in [6.07, 6.45) is 5.76. The van der Waals surface area contributed by atoms with Gasteiger partial charge < -0.3 is 35.3 Å². The van der Waals surface area contributed by atoms with Gasteiger partial charge in [-0.3, -0.25) is 9.59 Å². The smallest absolute Gasteiger partial charge is 0.328 e. The Labute approximate surface area is 263 Å². The van der Waals surface area contributed by atoms with Crippen molar-refractivity contribution >= 4 is 23.4 Å². The average Bonchev–Trinajstić information content (AvgIpc) is 3.28. The molecule has 45 heavy (non-hydrogen) atoms. The number of nitrogens with zero attached hydrogens (tertiary/aromatic N) is 1. The van der Waals surface area contributed by atoms with Crippen LogP contribution in [0.1, 0.15) is 71.3 Å². The molecule has 246 valence electrons. The van der Waals surface area contributed by atoms with E-state index in [-0.39, 0.29) is 48.6 Å². The molecule has 1 amide bonds. The van der Waals surface area contributed by atoms with Gasteiger partial charge in [0.15, 0.2) is 12.4 Å². The van der Waals surface area contributed by atoms with Crippen molar-refractivity contribution in [1.29, 1.82) is 0 Å². The molecule has 8 atom stereocenters. The Morgan fingerprint density at radius 3 is 2.53 bits per heavy atom. The maximum Gasteiger partial charge on any atom is 0.328 e. The predicted molar refractivity (Wildman–Crippen MR) is 164 cm³/mol. The third-order valence-corrected chi connectivity index (χ3v) is 11.3. The van der Waals surface area contributed by atoms with Crippen molar-refractivity contribution in [3.05, 3.63) is 41.5 Å². The maximum absolute atomic E-state index is 12.7. The van der Waals surface area contributed by atoms with E-state index in [4.69, 9.17) is 9.57 Å². The van der Waals surface area contributed by atoms with Gasteiger partial charge in [0, 0.05) is 11.8 Å². The molecule has 0 bridgehead atoms. The molecule has 1 aromatic rings. The molecule has 5 rings (SSSR count). The van der Waals surface area contributed by atoms with Gasteiger partial charge in [-0.1, -0.05) is 36.7 Å². The summed E-state index contributed by atoms with van der Waals surface area (Å²) in [4.78, 5) is 43.3. The number of benzene rings is 1. The van der Waals surface area contributed by atoms with E-state index in [9.17, 15) is 34.8 Å². The summed E-state index contributed by atoms with van der Waals surface area (Å²) in [7, 11) is 0. The molecule has 4 aliphatic rings. The van der Waals surface area contributed by atoms with Crippen LogP contribution in [0.5, 0.6) is 5.75 Å². The number of rotatable bonds is 10. The van der Waals surface area contributed by atoms with Gasteiger partial charge in [-0.25, -0.2) is 4.79 Å². The Kier molecular flexibility index (Phi) is 9.45. The summed E-state index contributed by atoms with van der Waals surface area (Å²) in [5.74, 6) is -1.34. The Bertz CT molecular complexity index is 1360. The molecule has 11 heteroatoms. The molecule has 0 radical (unpaired) electrons. The molecule has 5 N–H and O–H groups in total. The van der Waals surface area contributed by atoms with Crippen LogP contribution in [0.2, 0.25) is 0 Å². The number of phenolic OH excluding ortho intramolecular Hbond substituents is 1. The molecule has 1 aromatic carbocycles. The zero-order valence-corrected chi connectivity index (χ0v) is 26.3. The van der Waals surface area contributed by atoms with Gasteiger partial charge >= 0.3 is 5.97 Å². The van der Waals surface area contributed by atoms with Gasteiger partial charge in [-0.05, 0) is 98.8 Å². The summed E-state index contributed by atoms with van der Waals surface area (Å²) >= 11 is 0. The highest BCUT2D eigenvalue weighted by atomic mass is 16.6. The van der Waals surface area contributed by atoms with Crippen molar-refractivity contribution < 1.29 is 44.4 Å². The fraction of sp³-hybridized carbons (Fsp3) is 0.647. The summed E-state index contributed by atoms with van der Waals surface area (Å²) in [6, 6.07) is 5.44. The summed E-state index contributed by atoms with van der Waals surface area (Å²) < 4.78 is 5.13. The van der Waals surface area contributed by atoms with Gasteiger partial charge in [-0.15, -0.1) is 0 Å². The molecular formula is C34H46N2O9. The number of aliphatic hydroxyl groups excluding tert-OH is 2. The Morgan fingerprint density at radius 1 is 1.11 bits per heavy atom. The number of hydrogen-bond acceptors (Lipinski definition) is 10. The molecule has 0 aliphatic heterocycles. The van der Waals surface area contributed by atoms with Gasteiger partial charge in [-0.2, -0.15) is 0 Å². The minimum atomic E-state index is -1.62. The molecule has 0 heterocycles. The SMILES string of the molecule is CCOC(=O)[C@@H](Cc1ccc(O)cc1)NC(=O)CON=C1C=C2CC[C@@H]3[C@@H]([C@@H](O)C[C@@]4(C)[C@@H]3CC[C@]4(O)C(=O)CO)[C@]2(C)CC1. The zero-order chi connectivity index (χ0) is 32.6. The largest absolute Gasteiger partial charge is 0.508 e. The van der Waals surface area contributed by atoms with Crippen molar-refractivity contribution in [3.8, 4) is 5.75 Å². The van der Waals surface area contributed by atoms with Crippen LogP contribution in [0.3, 0.4) is 0 Å². The molecule has 11 nitrogen and oxygen atoms in total. The predicted octanol–water partition coefficient (Wildman–Crippen LogP) is 2.58. The number of aliphatic hydroxyl groups is 3. The van der Waals surface area contributed by atoms with Crippen molar-refractivity contribution in [3.63, 3.8) is 0 Å². The van der Waals surface area contributed by atoms with Crippen LogP contribution >= 0.6 is 0 Å². The summed E-state index contributed by atoms with van der Waals surface area (Å²) in [6.45, 7) is 4.87. The third kappa shape index (κ3) is 6.02. The average molecular weight is 627 g/mol. The molecule has 0 aromatic heterocycles. The van der Waals surface area contributed by atoms with Crippen LogP contribution in [-0.2, 0) is 30.4 Å². The fourth-order valence-corrected chi connectivity index (χ4v) is 9.08. The Hall–Kier alpha value is -3.28. The third-order valence-electron chi connectivity index (χ3n) is 11.3. The number of Topliss-reactive ketones (excluding diaryl/α,β-unsaturated/α-hetero) is 1. The minimum absolute atomic E-state index is 0.0243. The quantitative estimate of drug-likeness (QED) is 0.193. The molecule has 4 aliphatic carbocycles. The molecule has 3 saturated carbocycles. The first-order chi connectivity index (χ1) is 21.4. The lowest BCUT2D eigenvalue weighted by Crippen LogP contribution is -2.62. The monoisotopic (exact) mass is 626 g/mol. The van der Waals surface area contributed by atoms with E-state index in [0.717, 1.165) is 24.8 Å². The number of ketones is 1. The van der Waals surface area contributed by atoms with Crippen molar-refractivity contribution in [1.82, 2.24) is 5.32 Å². The van der Waals surface area contributed by atoms with Crippen LogP contribution in [-0.4, -0.2) is 81.4 Å². The van der Waals surface area contributed by atoms with Gasteiger partial charge in [0.1, 0.15) is 24.0 Å². The number of oxime groups is 1.